The SMILES string of the molecule is c1ccc(N(c2ccc(-c3ccc4c(c3)sc3ccc5c(ccc6sc7cc(-c8ccc(N(c9ccccc9)c9cccc%10c9oc9ccccc9%10)cc8)ccc7c65)c34)cc2)c2cccc3c2oc2ccccc23)cc1. The Morgan fingerprint density at radius 2 is 0.618 bits per heavy atom. The van der Waals surface area contributed by atoms with Gasteiger partial charge >= 0.3 is 0 Å². The van der Waals surface area contributed by atoms with E-state index in [0.29, 0.717) is 0 Å². The Labute approximate surface area is 444 Å². The van der Waals surface area contributed by atoms with Gasteiger partial charge in [-0.1, -0.05) is 158 Å². The van der Waals surface area contributed by atoms with Crippen molar-refractivity contribution in [1.29, 1.82) is 0 Å². The lowest BCUT2D eigenvalue weighted by molar-refractivity contribution is 0.668. The summed E-state index contributed by atoms with van der Waals surface area (Å²) in [5.41, 5.74) is 14.6. The minimum Gasteiger partial charge on any atom is -0.454 e. The second-order valence-electron chi connectivity index (χ2n) is 19.5. The molecule has 0 saturated heterocycles. The van der Waals surface area contributed by atoms with E-state index in [4.69, 9.17) is 8.83 Å². The van der Waals surface area contributed by atoms with Gasteiger partial charge in [-0.05, 0) is 130 Å². The van der Waals surface area contributed by atoms with Crippen LogP contribution < -0.4 is 9.80 Å². The summed E-state index contributed by atoms with van der Waals surface area (Å²) in [6, 6.07) is 91.8. The van der Waals surface area contributed by atoms with Crippen LogP contribution in [0.3, 0.4) is 0 Å². The van der Waals surface area contributed by atoms with Gasteiger partial charge in [-0.15, -0.1) is 22.7 Å². The number of nitrogens with zero attached hydrogens (tertiary/aromatic N) is 2. The molecule has 16 aromatic rings. The normalized spacial score (nSPS) is 11.9. The molecule has 0 unspecified atom stereocenters. The summed E-state index contributed by atoms with van der Waals surface area (Å²) in [5.74, 6) is 0. The molecule has 0 aliphatic carbocycles. The van der Waals surface area contributed by atoms with E-state index in [-0.39, 0.29) is 0 Å². The average Bonchev–Trinajstić information content (AvgIpc) is 4.31. The van der Waals surface area contributed by atoms with Crippen LogP contribution in [-0.4, -0.2) is 0 Å². The minimum absolute atomic E-state index is 0.876. The topological polar surface area (TPSA) is 32.8 Å². The third-order valence-corrected chi connectivity index (χ3v) is 17.5. The summed E-state index contributed by atoms with van der Waals surface area (Å²) in [4.78, 5) is 4.60. The van der Waals surface area contributed by atoms with E-state index in [2.05, 4.69) is 240 Å². The predicted octanol–water partition coefficient (Wildman–Crippen LogP) is 21.6. The molecule has 356 valence electrons. The van der Waals surface area contributed by atoms with Crippen LogP contribution in [0.4, 0.5) is 34.1 Å². The van der Waals surface area contributed by atoms with Gasteiger partial charge in [0.1, 0.15) is 11.2 Å². The standard InChI is InChI=1S/C70H42N2O2S2/c1-3-13-47(14-4-1)71(59-21-11-19-55-51-17-7-9-23-61(51)73-69(55)59)49-31-25-43(26-32-49)45-29-35-57-65(41-45)75-63-39-37-54-53(67(57)63)38-40-64-68(54)58-36-30-46(42-66(58)76-64)44-27-33-50(34-28-44)72(48-15-5-2-6-16-48)60-22-12-20-56-52-18-8-10-24-62(52)74-70(56)60/h1-42H. The number of anilines is 6. The molecule has 0 saturated carbocycles. The van der Waals surface area contributed by atoms with Crippen LogP contribution >= 0.6 is 22.7 Å². The van der Waals surface area contributed by atoms with Gasteiger partial charge in [0.2, 0.25) is 0 Å². The van der Waals surface area contributed by atoms with E-state index in [1.807, 2.05) is 46.9 Å². The molecule has 0 amide bonds. The van der Waals surface area contributed by atoms with E-state index in [0.717, 1.165) is 78.0 Å². The fourth-order valence-electron chi connectivity index (χ4n) is 11.7. The van der Waals surface area contributed by atoms with Gasteiger partial charge in [0.25, 0.3) is 0 Å². The number of rotatable bonds is 8. The second kappa shape index (κ2) is 17.0. The highest BCUT2D eigenvalue weighted by Gasteiger charge is 2.22. The lowest BCUT2D eigenvalue weighted by atomic mass is 9.97. The Morgan fingerprint density at radius 3 is 1.07 bits per heavy atom. The van der Waals surface area contributed by atoms with Gasteiger partial charge in [-0.2, -0.15) is 0 Å². The molecule has 0 bridgehead atoms. The van der Waals surface area contributed by atoms with Crippen molar-refractivity contribution in [2.75, 3.05) is 9.80 Å². The number of para-hydroxylation sites is 6. The van der Waals surface area contributed by atoms with Crippen molar-refractivity contribution < 1.29 is 8.83 Å². The number of fused-ring (bicyclic) bond motifs is 15. The van der Waals surface area contributed by atoms with Crippen LogP contribution in [0.1, 0.15) is 0 Å². The van der Waals surface area contributed by atoms with Gasteiger partial charge in [-0.3, -0.25) is 0 Å². The number of thiophene rings is 2. The zero-order valence-electron chi connectivity index (χ0n) is 40.8. The van der Waals surface area contributed by atoms with Crippen molar-refractivity contribution in [2.24, 2.45) is 0 Å². The lowest BCUT2D eigenvalue weighted by Crippen LogP contribution is -2.10. The highest BCUT2D eigenvalue weighted by Crippen LogP contribution is 2.48. The Kier molecular flexibility index (Phi) is 9.64. The molecule has 4 nitrogen and oxygen atoms in total. The van der Waals surface area contributed by atoms with Crippen molar-refractivity contribution in [3.05, 3.63) is 255 Å². The molecule has 16 rings (SSSR count). The second-order valence-corrected chi connectivity index (χ2v) is 21.7. The molecule has 6 heteroatoms. The molecule has 0 spiro atoms. The third-order valence-electron chi connectivity index (χ3n) is 15.3. The molecule has 12 aromatic carbocycles. The lowest BCUT2D eigenvalue weighted by Gasteiger charge is -2.25. The molecule has 4 heterocycles. The van der Waals surface area contributed by atoms with Crippen molar-refractivity contribution in [2.45, 2.75) is 0 Å². The number of hydrogen-bond donors (Lipinski definition) is 0. The summed E-state index contributed by atoms with van der Waals surface area (Å²) in [7, 11) is 0. The molecule has 0 aliphatic heterocycles. The van der Waals surface area contributed by atoms with Crippen molar-refractivity contribution in [3.63, 3.8) is 0 Å². The Bertz CT molecular complexity index is 4620. The summed E-state index contributed by atoms with van der Waals surface area (Å²) in [6.45, 7) is 0. The quantitative estimate of drug-likeness (QED) is 0.152. The van der Waals surface area contributed by atoms with E-state index >= 15 is 0 Å². The molecule has 76 heavy (non-hydrogen) atoms. The first-order valence-corrected chi connectivity index (χ1v) is 27.3. The fourth-order valence-corrected chi connectivity index (χ4v) is 14.1. The van der Waals surface area contributed by atoms with E-state index in [1.165, 1.54) is 73.4 Å². The summed E-state index contributed by atoms with van der Waals surface area (Å²) in [6.07, 6.45) is 0. The van der Waals surface area contributed by atoms with Gasteiger partial charge in [0, 0.05) is 84.6 Å². The molecule has 0 N–H and O–H groups in total. The average molecular weight is 1010 g/mol. The molecule has 4 aromatic heterocycles. The first-order valence-electron chi connectivity index (χ1n) is 25.6. The maximum atomic E-state index is 6.55. The summed E-state index contributed by atoms with van der Waals surface area (Å²) < 4.78 is 18.3. The van der Waals surface area contributed by atoms with Crippen LogP contribution in [-0.2, 0) is 0 Å². The first kappa shape index (κ1) is 43.0. The molecule has 0 radical (unpaired) electrons. The van der Waals surface area contributed by atoms with Crippen LogP contribution in [0.2, 0.25) is 0 Å². The first-order chi connectivity index (χ1) is 37.7. The largest absolute Gasteiger partial charge is 0.454 e. The van der Waals surface area contributed by atoms with Gasteiger partial charge in [0.05, 0.1) is 11.4 Å². The van der Waals surface area contributed by atoms with Gasteiger partial charge < -0.3 is 18.6 Å². The van der Waals surface area contributed by atoms with Crippen LogP contribution in [0.5, 0.6) is 0 Å². The summed E-state index contributed by atoms with van der Waals surface area (Å²) in [5, 5.41) is 12.3. The van der Waals surface area contributed by atoms with E-state index in [9.17, 15) is 0 Å². The molecule has 0 atom stereocenters. The zero-order valence-corrected chi connectivity index (χ0v) is 42.4. The number of hydrogen-bond acceptors (Lipinski definition) is 6. The Hall–Kier alpha value is -9.46. The number of benzene rings is 12. The van der Waals surface area contributed by atoms with E-state index in [1.54, 1.807) is 0 Å². The fraction of sp³-hybridized carbons (Fsp3) is 0. The van der Waals surface area contributed by atoms with Crippen LogP contribution in [0.15, 0.2) is 264 Å². The predicted molar refractivity (Wildman–Crippen MR) is 325 cm³/mol. The Morgan fingerprint density at radius 1 is 0.250 bits per heavy atom. The molecular weight excluding hydrogens is 965 g/mol. The maximum Gasteiger partial charge on any atom is 0.159 e. The van der Waals surface area contributed by atoms with Crippen LogP contribution in [0, 0.1) is 0 Å². The minimum atomic E-state index is 0.876. The van der Waals surface area contributed by atoms with Crippen molar-refractivity contribution >= 4 is 152 Å². The Balaban J connectivity index is 0.727. The number of furan rings is 2. The zero-order chi connectivity index (χ0) is 49.8. The maximum absolute atomic E-state index is 6.55. The van der Waals surface area contributed by atoms with Crippen molar-refractivity contribution in [1.82, 2.24) is 0 Å². The summed E-state index contributed by atoms with van der Waals surface area (Å²) >= 11 is 3.76. The smallest absolute Gasteiger partial charge is 0.159 e. The molecular formula is C70H42N2O2S2. The van der Waals surface area contributed by atoms with Crippen molar-refractivity contribution in [3.8, 4) is 22.3 Å². The van der Waals surface area contributed by atoms with Gasteiger partial charge in [-0.25, -0.2) is 0 Å². The van der Waals surface area contributed by atoms with Gasteiger partial charge in [0.15, 0.2) is 11.2 Å². The van der Waals surface area contributed by atoms with Crippen LogP contribution in [0.25, 0.3) is 117 Å². The highest BCUT2D eigenvalue weighted by atomic mass is 32.1. The highest BCUT2D eigenvalue weighted by molar-refractivity contribution is 7.26. The molecule has 0 aliphatic rings. The third kappa shape index (κ3) is 6.75. The monoisotopic (exact) mass is 1010 g/mol. The molecule has 0 fully saturated rings. The van der Waals surface area contributed by atoms with E-state index < -0.39 is 0 Å².